The van der Waals surface area contributed by atoms with Crippen LogP contribution in [-0.2, 0) is 20.7 Å². The van der Waals surface area contributed by atoms with Gasteiger partial charge in [-0.05, 0) is 68.7 Å². The number of aliphatic carboxylic acids is 2. The first-order valence-electron chi connectivity index (χ1n) is 14.3. The van der Waals surface area contributed by atoms with Crippen molar-refractivity contribution in [1.82, 2.24) is 0 Å². The Bertz CT molecular complexity index is 1350. The third kappa shape index (κ3) is 10.5. The highest BCUT2D eigenvalue weighted by molar-refractivity contribution is 5.78. The lowest BCUT2D eigenvalue weighted by Crippen LogP contribution is -2.30. The molecule has 1 aliphatic rings. The van der Waals surface area contributed by atoms with Crippen LogP contribution in [0.3, 0.4) is 0 Å². The molecule has 0 fully saturated rings. The van der Waals surface area contributed by atoms with E-state index in [9.17, 15) is 14.7 Å². The summed E-state index contributed by atoms with van der Waals surface area (Å²) in [6, 6.07) is 22.6. The first-order valence-corrected chi connectivity index (χ1v) is 14.3. The van der Waals surface area contributed by atoms with E-state index in [2.05, 4.69) is 9.89 Å². The van der Waals surface area contributed by atoms with Crippen LogP contribution in [0.2, 0.25) is 0 Å². The highest BCUT2D eigenvalue weighted by Crippen LogP contribution is 2.45. The molecule has 1 aliphatic heterocycles. The van der Waals surface area contributed by atoms with E-state index in [0.29, 0.717) is 39.0 Å². The van der Waals surface area contributed by atoms with Gasteiger partial charge in [0.05, 0.1) is 24.0 Å². The normalized spacial score (nSPS) is 12.9. The van der Waals surface area contributed by atoms with Gasteiger partial charge in [-0.2, -0.15) is 0 Å². The molecule has 1 unspecified atom stereocenters. The summed E-state index contributed by atoms with van der Waals surface area (Å²) in [6.07, 6.45) is 0.268. The number of nitrogens with two attached hydrogens (primary N) is 3. The zero-order valence-corrected chi connectivity index (χ0v) is 25.0. The van der Waals surface area contributed by atoms with Crippen molar-refractivity contribution in [2.24, 2.45) is 22.2 Å². The number of para-hydroxylation sites is 4. The van der Waals surface area contributed by atoms with Crippen LogP contribution in [0.1, 0.15) is 32.3 Å². The number of carboxylic acids is 2. The summed E-state index contributed by atoms with van der Waals surface area (Å²) < 4.78 is 17.5. The van der Waals surface area contributed by atoms with Gasteiger partial charge in [-0.25, -0.2) is 4.79 Å². The summed E-state index contributed by atoms with van der Waals surface area (Å²) in [5.41, 5.74) is 18.2. The molecule has 0 bridgehead atoms. The zero-order valence-electron chi connectivity index (χ0n) is 25.0. The predicted molar refractivity (Wildman–Crippen MR) is 169 cm³/mol. The quantitative estimate of drug-likeness (QED) is 0.101. The van der Waals surface area contributed by atoms with Crippen molar-refractivity contribution in [3.8, 4) is 17.2 Å². The molecular weight excluding hydrogens is 566 g/mol. The maximum absolute atomic E-state index is 11.4. The number of guanidine groups is 1. The molecule has 2 atom stereocenters. The van der Waals surface area contributed by atoms with Gasteiger partial charge in [0.1, 0.15) is 18.4 Å². The van der Waals surface area contributed by atoms with Crippen molar-refractivity contribution in [3.63, 3.8) is 0 Å². The number of hydrogen-bond acceptors (Lipinski definition) is 8. The summed E-state index contributed by atoms with van der Waals surface area (Å²) >= 11 is 0. The monoisotopic (exact) mass is 607 g/mol. The Morgan fingerprint density at radius 1 is 0.909 bits per heavy atom. The molecule has 4 rings (SSSR count). The van der Waals surface area contributed by atoms with Gasteiger partial charge in [0, 0.05) is 13.0 Å². The number of rotatable bonds is 14. The SMILES string of the molecule is CC(C)O[C@@H](Cc1ccc(OCCN2c3ccccc3Oc3ccccc32)cc1)C(=O)O.NC(N)=NCCCC(N)C(=O)O. The van der Waals surface area contributed by atoms with Gasteiger partial charge in [-0.1, -0.05) is 36.4 Å². The largest absolute Gasteiger partial charge is 0.492 e. The van der Waals surface area contributed by atoms with Crippen LogP contribution in [0.4, 0.5) is 11.4 Å². The van der Waals surface area contributed by atoms with Crippen molar-refractivity contribution in [1.29, 1.82) is 0 Å². The third-order valence-electron chi connectivity index (χ3n) is 6.46. The van der Waals surface area contributed by atoms with Gasteiger partial charge in [0.2, 0.25) is 0 Å². The standard InChI is InChI=1S/C26H27NO5.C6H14N4O2/c1-18(2)31-25(26(28)29)17-19-11-13-20(14-12-19)30-16-15-27-21-7-3-5-9-23(21)32-24-10-6-4-8-22(24)27;7-4(5(11)12)2-1-3-10-6(8)9/h3-14,18,25H,15-17H2,1-2H3,(H,28,29);4H,1-3,7H2,(H,11,12)(H4,8,9,10)/t25-;/m0./s1. The van der Waals surface area contributed by atoms with Crippen LogP contribution in [0, 0.1) is 0 Å². The van der Waals surface area contributed by atoms with Crippen LogP contribution in [0.15, 0.2) is 77.8 Å². The van der Waals surface area contributed by atoms with Gasteiger partial charge in [-0.3, -0.25) is 9.79 Å². The lowest BCUT2D eigenvalue weighted by atomic mass is 10.1. The number of ether oxygens (including phenoxy) is 3. The fraction of sp³-hybridized carbons (Fsp3) is 0.344. The Labute approximate surface area is 257 Å². The minimum atomic E-state index is -1.00. The molecule has 0 amide bonds. The van der Waals surface area contributed by atoms with E-state index in [4.69, 9.17) is 36.5 Å². The fourth-order valence-corrected chi connectivity index (χ4v) is 4.38. The molecule has 1 heterocycles. The van der Waals surface area contributed by atoms with Gasteiger partial charge in [0.25, 0.3) is 0 Å². The fourth-order valence-electron chi connectivity index (χ4n) is 4.38. The van der Waals surface area contributed by atoms with Gasteiger partial charge in [-0.15, -0.1) is 0 Å². The number of carboxylic acid groups (broad SMARTS) is 2. The van der Waals surface area contributed by atoms with Crippen molar-refractivity contribution in [3.05, 3.63) is 78.4 Å². The summed E-state index contributed by atoms with van der Waals surface area (Å²) in [5, 5.41) is 17.7. The molecule has 0 aromatic heterocycles. The zero-order chi connectivity index (χ0) is 32.1. The second kappa shape index (κ2) is 16.7. The smallest absolute Gasteiger partial charge is 0.333 e. The van der Waals surface area contributed by atoms with E-state index in [1.54, 1.807) is 0 Å². The number of fused-ring (bicyclic) bond motifs is 2. The number of anilines is 2. The second-order valence-electron chi connectivity index (χ2n) is 10.3. The predicted octanol–water partition coefficient (Wildman–Crippen LogP) is 3.88. The second-order valence-corrected chi connectivity index (χ2v) is 10.3. The molecule has 44 heavy (non-hydrogen) atoms. The third-order valence-corrected chi connectivity index (χ3v) is 6.46. The van der Waals surface area contributed by atoms with E-state index in [-0.39, 0.29) is 12.1 Å². The van der Waals surface area contributed by atoms with Gasteiger partial charge in [0.15, 0.2) is 23.6 Å². The van der Waals surface area contributed by atoms with E-state index in [1.165, 1.54) is 0 Å². The number of benzene rings is 3. The molecule has 3 aromatic carbocycles. The summed E-state index contributed by atoms with van der Waals surface area (Å²) in [7, 11) is 0. The van der Waals surface area contributed by atoms with Crippen LogP contribution in [-0.4, -0.2) is 66.1 Å². The van der Waals surface area contributed by atoms with Crippen molar-refractivity contribution in [2.75, 3.05) is 24.6 Å². The number of carbonyl (C=O) groups is 2. The van der Waals surface area contributed by atoms with Crippen LogP contribution >= 0.6 is 0 Å². The first-order chi connectivity index (χ1) is 21.0. The Morgan fingerprint density at radius 3 is 2.02 bits per heavy atom. The van der Waals surface area contributed by atoms with E-state index in [1.807, 2.05) is 86.6 Å². The molecule has 3 aromatic rings. The average molecular weight is 608 g/mol. The van der Waals surface area contributed by atoms with E-state index >= 15 is 0 Å². The molecule has 0 saturated carbocycles. The highest BCUT2D eigenvalue weighted by atomic mass is 16.5. The first kappa shape index (κ1) is 33.7. The van der Waals surface area contributed by atoms with Gasteiger partial charge >= 0.3 is 11.9 Å². The van der Waals surface area contributed by atoms with E-state index < -0.39 is 24.1 Å². The number of nitrogens with zero attached hydrogens (tertiary/aromatic N) is 2. The summed E-state index contributed by atoms with van der Waals surface area (Å²) in [4.78, 5) is 27.5. The van der Waals surface area contributed by atoms with Crippen LogP contribution < -0.4 is 31.6 Å². The van der Waals surface area contributed by atoms with E-state index in [0.717, 1.165) is 34.2 Å². The maximum atomic E-state index is 11.4. The van der Waals surface area contributed by atoms with Crippen LogP contribution in [0.25, 0.3) is 0 Å². The van der Waals surface area contributed by atoms with Crippen molar-refractivity contribution >= 4 is 29.3 Å². The Hall–Kier alpha value is -4.81. The average Bonchev–Trinajstić information content (AvgIpc) is 2.99. The highest BCUT2D eigenvalue weighted by Gasteiger charge is 2.24. The number of aliphatic imine (C=N–C) groups is 1. The van der Waals surface area contributed by atoms with Crippen molar-refractivity contribution in [2.45, 2.75) is 51.4 Å². The molecule has 236 valence electrons. The Morgan fingerprint density at radius 2 is 1.50 bits per heavy atom. The topological polar surface area (TPSA) is 196 Å². The lowest BCUT2D eigenvalue weighted by molar-refractivity contribution is -0.153. The Kier molecular flexibility index (Phi) is 12.8. The summed E-state index contributed by atoms with van der Waals surface area (Å²) in [6.45, 7) is 5.22. The lowest BCUT2D eigenvalue weighted by Gasteiger charge is -2.32. The molecular formula is C32H41N5O7. The van der Waals surface area contributed by atoms with Crippen molar-refractivity contribution < 1.29 is 34.0 Å². The molecule has 0 aliphatic carbocycles. The minimum Gasteiger partial charge on any atom is -0.492 e. The maximum Gasteiger partial charge on any atom is 0.333 e. The molecule has 12 heteroatoms. The molecule has 0 saturated heterocycles. The number of hydrogen-bond donors (Lipinski definition) is 5. The van der Waals surface area contributed by atoms with Gasteiger partial charge < -0.3 is 46.5 Å². The molecule has 12 nitrogen and oxygen atoms in total. The molecule has 0 radical (unpaired) electrons. The minimum absolute atomic E-state index is 0.0129. The molecule has 8 N–H and O–H groups in total. The van der Waals surface area contributed by atoms with Crippen LogP contribution in [0.5, 0.6) is 17.2 Å². The molecule has 0 spiro atoms. The summed E-state index contributed by atoms with van der Waals surface area (Å²) in [5.74, 6) is 0.447. The Balaban J connectivity index is 0.000000375.